The number of carbonyl (C=O) groups is 3. The number of pyridine rings is 1. The van der Waals surface area contributed by atoms with Crippen LogP contribution in [0.15, 0.2) is 121 Å². The van der Waals surface area contributed by atoms with Crippen molar-refractivity contribution in [2.45, 2.75) is 44.9 Å². The predicted octanol–water partition coefficient (Wildman–Crippen LogP) is 5.25. The van der Waals surface area contributed by atoms with Gasteiger partial charge in [0, 0.05) is 43.2 Å². The Bertz CT molecular complexity index is 1940. The highest BCUT2D eigenvalue weighted by Gasteiger charge is 2.24. The molecule has 5 rings (SSSR count). The van der Waals surface area contributed by atoms with Crippen LogP contribution in [0, 0.1) is 5.82 Å². The Morgan fingerprint density at radius 2 is 1.44 bits per heavy atom. The number of nitrogens with one attached hydrogen (secondary N) is 2. The summed E-state index contributed by atoms with van der Waals surface area (Å²) in [7, 11) is 0. The molecule has 2 atom stereocenters. The van der Waals surface area contributed by atoms with E-state index in [1.165, 1.54) is 24.3 Å². The standard InChI is InChI=1S/C39H40FN7O3/c1-26(33-9-4-7-29-6-2-3-8-34(29)33)45-37(49)35(10-5-21-44-39(41)42)46-36(48)30-13-11-27(12-14-30)24-47(25-28-19-22-43-23-20-28)38(50)31-15-17-32(40)18-16-31/h2-4,6-9,11-20,22-23,26,35H,5,10,21,24-25H2,1H3,(H,45,49)(H,46,48)(H4,41,42,44)/t26-,35+/m1/s1. The average molecular weight is 674 g/mol. The summed E-state index contributed by atoms with van der Waals surface area (Å²) in [6.45, 7) is 2.76. The van der Waals surface area contributed by atoms with E-state index >= 15 is 0 Å². The number of carbonyl (C=O) groups excluding carboxylic acids is 3. The minimum atomic E-state index is -0.849. The SMILES string of the molecule is C[C@@H](NC(=O)[C@H](CCCN=C(N)N)NC(=O)c1ccc(CN(Cc2ccncc2)C(=O)c2ccc(F)cc2)cc1)c1cccc2ccccc12. The van der Waals surface area contributed by atoms with Gasteiger partial charge >= 0.3 is 0 Å². The van der Waals surface area contributed by atoms with Gasteiger partial charge in [0.25, 0.3) is 11.8 Å². The number of hydrogen-bond acceptors (Lipinski definition) is 5. The molecule has 50 heavy (non-hydrogen) atoms. The molecular weight excluding hydrogens is 633 g/mol. The van der Waals surface area contributed by atoms with E-state index in [4.69, 9.17) is 11.5 Å². The quantitative estimate of drug-likeness (QED) is 0.0718. The van der Waals surface area contributed by atoms with Gasteiger partial charge in [-0.1, -0.05) is 54.6 Å². The van der Waals surface area contributed by atoms with Gasteiger partial charge in [0.1, 0.15) is 11.9 Å². The van der Waals surface area contributed by atoms with E-state index in [-0.39, 0.29) is 30.4 Å². The molecule has 256 valence electrons. The molecule has 0 aliphatic carbocycles. The van der Waals surface area contributed by atoms with Crippen LogP contribution >= 0.6 is 0 Å². The molecule has 0 bridgehead atoms. The third kappa shape index (κ3) is 9.50. The monoisotopic (exact) mass is 673 g/mol. The van der Waals surface area contributed by atoms with E-state index in [9.17, 15) is 18.8 Å². The molecule has 0 unspecified atom stereocenters. The van der Waals surface area contributed by atoms with Crippen molar-refractivity contribution < 1.29 is 18.8 Å². The van der Waals surface area contributed by atoms with Gasteiger partial charge in [0.15, 0.2) is 5.96 Å². The van der Waals surface area contributed by atoms with Crippen LogP contribution in [0.4, 0.5) is 4.39 Å². The van der Waals surface area contributed by atoms with E-state index in [1.807, 2.05) is 61.5 Å². The highest BCUT2D eigenvalue weighted by molar-refractivity contribution is 5.98. The molecule has 0 fully saturated rings. The van der Waals surface area contributed by atoms with Crippen molar-refractivity contribution in [2.24, 2.45) is 16.5 Å². The van der Waals surface area contributed by atoms with E-state index in [0.29, 0.717) is 37.1 Å². The number of aliphatic imine (C=N–C) groups is 1. The van der Waals surface area contributed by atoms with Crippen molar-refractivity contribution in [3.63, 3.8) is 0 Å². The summed E-state index contributed by atoms with van der Waals surface area (Å²) >= 11 is 0. The highest BCUT2D eigenvalue weighted by Crippen LogP contribution is 2.24. The molecule has 0 saturated carbocycles. The topological polar surface area (TPSA) is 156 Å². The van der Waals surface area contributed by atoms with Crippen LogP contribution in [0.5, 0.6) is 0 Å². The third-order valence-electron chi connectivity index (χ3n) is 8.31. The van der Waals surface area contributed by atoms with Gasteiger partial charge in [-0.05, 0) is 95.8 Å². The second kappa shape index (κ2) is 16.8. The number of fused-ring (bicyclic) bond motifs is 1. The number of aromatic nitrogens is 1. The summed E-state index contributed by atoms with van der Waals surface area (Å²) in [6, 6.07) is 28.7. The summed E-state index contributed by atoms with van der Waals surface area (Å²) in [5.74, 6) is -1.49. The molecule has 3 amide bonds. The zero-order valence-corrected chi connectivity index (χ0v) is 27.8. The van der Waals surface area contributed by atoms with Crippen LogP contribution in [0.2, 0.25) is 0 Å². The smallest absolute Gasteiger partial charge is 0.254 e. The summed E-state index contributed by atoms with van der Waals surface area (Å²) in [5.41, 5.74) is 14.3. The molecule has 0 radical (unpaired) electrons. The largest absolute Gasteiger partial charge is 0.370 e. The van der Waals surface area contributed by atoms with Crippen molar-refractivity contribution in [3.05, 3.63) is 149 Å². The van der Waals surface area contributed by atoms with Gasteiger partial charge < -0.3 is 27.0 Å². The number of nitrogens with two attached hydrogens (primary N) is 2. The Morgan fingerprint density at radius 3 is 2.14 bits per heavy atom. The van der Waals surface area contributed by atoms with E-state index < -0.39 is 17.8 Å². The fraction of sp³-hybridized carbons (Fsp3) is 0.205. The van der Waals surface area contributed by atoms with Crippen molar-refractivity contribution >= 4 is 34.5 Å². The number of amides is 3. The maximum Gasteiger partial charge on any atom is 0.254 e. The van der Waals surface area contributed by atoms with Crippen LogP contribution in [0.1, 0.15) is 63.2 Å². The minimum Gasteiger partial charge on any atom is -0.370 e. The van der Waals surface area contributed by atoms with Crippen LogP contribution in [-0.4, -0.2) is 46.2 Å². The number of benzene rings is 4. The molecule has 0 spiro atoms. The fourth-order valence-electron chi connectivity index (χ4n) is 5.70. The molecule has 5 aromatic rings. The van der Waals surface area contributed by atoms with Gasteiger partial charge in [-0.25, -0.2) is 4.39 Å². The Hall–Kier alpha value is -6.10. The third-order valence-corrected chi connectivity index (χ3v) is 8.31. The Kier molecular flexibility index (Phi) is 11.9. The van der Waals surface area contributed by atoms with Gasteiger partial charge in [0.2, 0.25) is 5.91 Å². The summed E-state index contributed by atoms with van der Waals surface area (Å²) in [5, 5.41) is 8.06. The van der Waals surface area contributed by atoms with Crippen molar-refractivity contribution in [3.8, 4) is 0 Å². The first kappa shape index (κ1) is 35.2. The summed E-state index contributed by atoms with van der Waals surface area (Å²) < 4.78 is 13.6. The molecular formula is C39H40FN7O3. The maximum absolute atomic E-state index is 13.6. The number of hydrogen-bond donors (Lipinski definition) is 4. The normalized spacial score (nSPS) is 12.0. The first-order valence-electron chi connectivity index (χ1n) is 16.3. The summed E-state index contributed by atoms with van der Waals surface area (Å²) in [4.78, 5) is 50.2. The molecule has 4 aromatic carbocycles. The Labute approximate surface area is 290 Å². The van der Waals surface area contributed by atoms with Crippen molar-refractivity contribution in [2.75, 3.05) is 6.54 Å². The molecule has 0 aliphatic rings. The number of rotatable bonds is 14. The van der Waals surface area contributed by atoms with Gasteiger partial charge in [-0.15, -0.1) is 0 Å². The lowest BCUT2D eigenvalue weighted by molar-refractivity contribution is -0.123. The summed E-state index contributed by atoms with van der Waals surface area (Å²) in [6.07, 6.45) is 4.08. The molecule has 11 heteroatoms. The van der Waals surface area contributed by atoms with Crippen LogP contribution < -0.4 is 22.1 Å². The Balaban J connectivity index is 1.29. The second-order valence-corrected chi connectivity index (χ2v) is 12.0. The van der Waals surface area contributed by atoms with E-state index in [0.717, 1.165) is 27.5 Å². The lowest BCUT2D eigenvalue weighted by Crippen LogP contribution is -2.47. The van der Waals surface area contributed by atoms with Crippen molar-refractivity contribution in [1.29, 1.82) is 0 Å². The number of guanidine groups is 1. The van der Waals surface area contributed by atoms with Crippen LogP contribution in [0.3, 0.4) is 0 Å². The van der Waals surface area contributed by atoms with Gasteiger partial charge in [0.05, 0.1) is 6.04 Å². The zero-order chi connectivity index (χ0) is 35.5. The first-order valence-corrected chi connectivity index (χ1v) is 16.3. The van der Waals surface area contributed by atoms with Gasteiger partial charge in [-0.3, -0.25) is 24.4 Å². The lowest BCUT2D eigenvalue weighted by atomic mass is 9.99. The average Bonchev–Trinajstić information content (AvgIpc) is 3.12. The molecule has 1 heterocycles. The lowest BCUT2D eigenvalue weighted by Gasteiger charge is -2.24. The molecule has 0 saturated heterocycles. The molecule has 0 aliphatic heterocycles. The minimum absolute atomic E-state index is 0.0431. The number of nitrogens with zero attached hydrogens (tertiary/aromatic N) is 3. The fourth-order valence-corrected chi connectivity index (χ4v) is 5.70. The van der Waals surface area contributed by atoms with E-state index in [1.54, 1.807) is 41.6 Å². The first-order chi connectivity index (χ1) is 24.2. The van der Waals surface area contributed by atoms with Crippen LogP contribution in [-0.2, 0) is 17.9 Å². The molecule has 10 nitrogen and oxygen atoms in total. The van der Waals surface area contributed by atoms with Crippen molar-refractivity contribution in [1.82, 2.24) is 20.5 Å². The number of halogens is 1. The zero-order valence-electron chi connectivity index (χ0n) is 27.8. The highest BCUT2D eigenvalue weighted by atomic mass is 19.1. The maximum atomic E-state index is 13.6. The van der Waals surface area contributed by atoms with Crippen LogP contribution in [0.25, 0.3) is 10.8 Å². The van der Waals surface area contributed by atoms with Gasteiger partial charge in [-0.2, -0.15) is 0 Å². The Morgan fingerprint density at radius 1 is 0.800 bits per heavy atom. The van der Waals surface area contributed by atoms with E-state index in [2.05, 4.69) is 20.6 Å². The second-order valence-electron chi connectivity index (χ2n) is 12.0. The molecule has 1 aromatic heterocycles. The predicted molar refractivity (Wildman–Crippen MR) is 192 cm³/mol. The molecule has 6 N–H and O–H groups in total.